The van der Waals surface area contributed by atoms with Gasteiger partial charge in [0.15, 0.2) is 0 Å². The summed E-state index contributed by atoms with van der Waals surface area (Å²) in [5.41, 5.74) is 6.34. The maximum Gasteiger partial charge on any atom is 0.0353 e. The van der Waals surface area contributed by atoms with Crippen molar-refractivity contribution in [2.75, 3.05) is 39.8 Å². The van der Waals surface area contributed by atoms with Crippen LogP contribution >= 0.6 is 11.3 Å². The van der Waals surface area contributed by atoms with Crippen molar-refractivity contribution in [2.45, 2.75) is 31.7 Å². The number of likely N-dealkylation sites (N-methyl/N-ethyl adjacent to an activating group) is 1. The third-order valence-corrected chi connectivity index (χ3v) is 5.63. The molecular weight excluding hydrogens is 254 g/mol. The summed E-state index contributed by atoms with van der Waals surface area (Å²) < 4.78 is 0. The summed E-state index contributed by atoms with van der Waals surface area (Å²) in [5.74, 6) is 0. The van der Waals surface area contributed by atoms with E-state index in [4.69, 9.17) is 5.73 Å². The second-order valence-electron chi connectivity index (χ2n) is 5.61. The first-order valence-corrected chi connectivity index (χ1v) is 8.24. The van der Waals surface area contributed by atoms with Crippen LogP contribution in [0.3, 0.4) is 0 Å². The van der Waals surface area contributed by atoms with Crippen molar-refractivity contribution in [1.29, 1.82) is 0 Å². The first-order valence-electron chi connectivity index (χ1n) is 7.36. The van der Waals surface area contributed by atoms with Crippen LogP contribution < -0.4 is 5.73 Å². The minimum atomic E-state index is 0.225. The van der Waals surface area contributed by atoms with Gasteiger partial charge in [0.1, 0.15) is 0 Å². The standard InChI is InChI=1S/C15H27N3S/c1-3-18-10-7-15(13-16,8-11-18)17(2)9-6-14-5-4-12-19-14/h4-5,12H,3,6-11,13,16H2,1-2H3. The number of nitrogens with two attached hydrogens (primary N) is 1. The van der Waals surface area contributed by atoms with Gasteiger partial charge in [-0.25, -0.2) is 0 Å². The number of nitrogens with zero attached hydrogens (tertiary/aromatic N) is 2. The fourth-order valence-corrected chi connectivity index (χ4v) is 3.70. The van der Waals surface area contributed by atoms with E-state index >= 15 is 0 Å². The first-order chi connectivity index (χ1) is 9.20. The molecular formula is C15H27N3S. The van der Waals surface area contributed by atoms with Crippen LogP contribution in [0, 0.1) is 0 Å². The molecule has 0 spiro atoms. The van der Waals surface area contributed by atoms with Crippen LogP contribution in [0.1, 0.15) is 24.6 Å². The zero-order chi connectivity index (χ0) is 13.7. The zero-order valence-electron chi connectivity index (χ0n) is 12.3. The highest BCUT2D eigenvalue weighted by molar-refractivity contribution is 7.09. The van der Waals surface area contributed by atoms with E-state index in [9.17, 15) is 0 Å². The average molecular weight is 281 g/mol. The lowest BCUT2D eigenvalue weighted by Gasteiger charge is -2.47. The van der Waals surface area contributed by atoms with Crippen molar-refractivity contribution >= 4 is 11.3 Å². The van der Waals surface area contributed by atoms with Crippen molar-refractivity contribution in [2.24, 2.45) is 5.73 Å². The SMILES string of the molecule is CCN1CCC(CN)(N(C)CCc2cccs2)CC1. The highest BCUT2D eigenvalue weighted by atomic mass is 32.1. The second-order valence-corrected chi connectivity index (χ2v) is 6.65. The quantitative estimate of drug-likeness (QED) is 0.866. The average Bonchev–Trinajstić information content (AvgIpc) is 2.98. The number of hydrogen-bond acceptors (Lipinski definition) is 4. The van der Waals surface area contributed by atoms with Gasteiger partial charge in [0.2, 0.25) is 0 Å². The molecule has 19 heavy (non-hydrogen) atoms. The minimum absolute atomic E-state index is 0.225. The molecule has 4 heteroatoms. The van der Waals surface area contributed by atoms with Crippen LogP contribution in [0.4, 0.5) is 0 Å². The Morgan fingerprint density at radius 2 is 2.16 bits per heavy atom. The van der Waals surface area contributed by atoms with Gasteiger partial charge in [0.25, 0.3) is 0 Å². The fraction of sp³-hybridized carbons (Fsp3) is 0.733. The van der Waals surface area contributed by atoms with E-state index in [0.717, 1.165) is 19.5 Å². The van der Waals surface area contributed by atoms with Crippen LogP contribution in [0.2, 0.25) is 0 Å². The molecule has 0 bridgehead atoms. The van der Waals surface area contributed by atoms with E-state index in [1.165, 1.54) is 37.4 Å². The first kappa shape index (κ1) is 15.0. The van der Waals surface area contributed by atoms with E-state index in [2.05, 4.69) is 41.3 Å². The molecule has 2 heterocycles. The van der Waals surface area contributed by atoms with Gasteiger partial charge in [-0.3, -0.25) is 4.90 Å². The smallest absolute Gasteiger partial charge is 0.0353 e. The van der Waals surface area contributed by atoms with Crippen molar-refractivity contribution in [1.82, 2.24) is 9.80 Å². The van der Waals surface area contributed by atoms with Gasteiger partial charge in [-0.2, -0.15) is 0 Å². The maximum absolute atomic E-state index is 6.12. The van der Waals surface area contributed by atoms with Gasteiger partial charge in [-0.05, 0) is 57.4 Å². The molecule has 0 radical (unpaired) electrons. The molecule has 0 amide bonds. The Hall–Kier alpha value is -0.420. The van der Waals surface area contributed by atoms with E-state index < -0.39 is 0 Å². The third kappa shape index (κ3) is 3.57. The second kappa shape index (κ2) is 6.84. The largest absolute Gasteiger partial charge is 0.329 e. The highest BCUT2D eigenvalue weighted by Gasteiger charge is 2.36. The molecule has 0 unspecified atom stereocenters. The van der Waals surface area contributed by atoms with Crippen LogP contribution in [0.15, 0.2) is 17.5 Å². The van der Waals surface area contributed by atoms with Crippen molar-refractivity contribution in [3.8, 4) is 0 Å². The van der Waals surface area contributed by atoms with Crippen molar-refractivity contribution < 1.29 is 0 Å². The number of thiophene rings is 1. The molecule has 1 aromatic heterocycles. The van der Waals surface area contributed by atoms with E-state index in [1.54, 1.807) is 0 Å². The lowest BCUT2D eigenvalue weighted by atomic mass is 9.85. The maximum atomic E-state index is 6.12. The lowest BCUT2D eigenvalue weighted by molar-refractivity contribution is 0.0481. The Labute approximate surface area is 121 Å². The molecule has 3 nitrogen and oxygen atoms in total. The summed E-state index contributed by atoms with van der Waals surface area (Å²) in [6.07, 6.45) is 3.56. The number of piperidine rings is 1. The Balaban J connectivity index is 1.89. The van der Waals surface area contributed by atoms with E-state index in [0.29, 0.717) is 0 Å². The van der Waals surface area contributed by atoms with E-state index in [-0.39, 0.29) is 5.54 Å². The van der Waals surface area contributed by atoms with Crippen LogP contribution in [0.5, 0.6) is 0 Å². The summed E-state index contributed by atoms with van der Waals surface area (Å²) in [5, 5.41) is 2.16. The monoisotopic (exact) mass is 281 g/mol. The predicted molar refractivity (Wildman–Crippen MR) is 83.8 cm³/mol. The van der Waals surface area contributed by atoms with Crippen molar-refractivity contribution in [3.05, 3.63) is 22.4 Å². The van der Waals surface area contributed by atoms with Crippen molar-refractivity contribution in [3.63, 3.8) is 0 Å². The summed E-state index contributed by atoms with van der Waals surface area (Å²) in [4.78, 5) is 6.52. The lowest BCUT2D eigenvalue weighted by Crippen LogP contribution is -2.58. The third-order valence-electron chi connectivity index (χ3n) is 4.70. The Bertz CT molecular complexity index is 355. The fourth-order valence-electron chi connectivity index (χ4n) is 3.00. The summed E-state index contributed by atoms with van der Waals surface area (Å²) in [6, 6.07) is 4.37. The molecule has 1 aliphatic heterocycles. The normalized spacial score (nSPS) is 20.0. The molecule has 108 valence electrons. The molecule has 1 fully saturated rings. The Morgan fingerprint density at radius 1 is 1.42 bits per heavy atom. The van der Waals surface area contributed by atoms with Gasteiger partial charge < -0.3 is 10.6 Å². The van der Waals surface area contributed by atoms with Crippen LogP contribution in [-0.4, -0.2) is 55.1 Å². The van der Waals surface area contributed by atoms with Crippen LogP contribution in [-0.2, 0) is 6.42 Å². The molecule has 1 saturated heterocycles. The number of likely N-dealkylation sites (tertiary alicyclic amines) is 1. The minimum Gasteiger partial charge on any atom is -0.329 e. The van der Waals surface area contributed by atoms with Gasteiger partial charge in [0.05, 0.1) is 0 Å². The van der Waals surface area contributed by atoms with Crippen LogP contribution in [0.25, 0.3) is 0 Å². The molecule has 1 aromatic rings. The number of rotatable bonds is 6. The molecule has 2 N–H and O–H groups in total. The molecule has 1 aliphatic rings. The van der Waals surface area contributed by atoms with Gasteiger partial charge >= 0.3 is 0 Å². The molecule has 2 rings (SSSR count). The molecule has 0 atom stereocenters. The van der Waals surface area contributed by atoms with Gasteiger partial charge in [0, 0.05) is 23.5 Å². The Morgan fingerprint density at radius 3 is 2.68 bits per heavy atom. The highest BCUT2D eigenvalue weighted by Crippen LogP contribution is 2.27. The molecule has 0 saturated carbocycles. The summed E-state index contributed by atoms with van der Waals surface area (Å²) >= 11 is 1.86. The van der Waals surface area contributed by atoms with Gasteiger partial charge in [-0.15, -0.1) is 11.3 Å². The zero-order valence-corrected chi connectivity index (χ0v) is 13.1. The molecule has 0 aromatic carbocycles. The number of hydrogen-bond donors (Lipinski definition) is 1. The van der Waals surface area contributed by atoms with E-state index in [1.807, 2.05) is 11.3 Å². The summed E-state index contributed by atoms with van der Waals surface area (Å²) in [7, 11) is 2.25. The predicted octanol–water partition coefficient (Wildman–Crippen LogP) is 2.04. The topological polar surface area (TPSA) is 32.5 Å². The Kier molecular flexibility index (Phi) is 5.39. The molecule has 0 aliphatic carbocycles. The van der Waals surface area contributed by atoms with Gasteiger partial charge in [-0.1, -0.05) is 13.0 Å². The summed E-state index contributed by atoms with van der Waals surface area (Å²) in [6.45, 7) is 7.69.